The van der Waals surface area contributed by atoms with E-state index in [0.717, 1.165) is 30.9 Å². The normalized spacial score (nSPS) is 25.4. The molecule has 2 saturated heterocycles. The largest absolute Gasteiger partial charge is 0.359 e. The number of nitrogens with one attached hydrogen (secondary N) is 1. The summed E-state index contributed by atoms with van der Waals surface area (Å²) in [5, 5.41) is 2.82. The van der Waals surface area contributed by atoms with Crippen LogP contribution in [0.1, 0.15) is 68.6 Å². The molecule has 1 aliphatic carbocycles. The quantitative estimate of drug-likeness (QED) is 0.660. The Morgan fingerprint density at radius 1 is 1.00 bits per heavy atom. The van der Waals surface area contributed by atoms with Crippen LogP contribution in [0.25, 0.3) is 0 Å². The Labute approximate surface area is 218 Å². The maximum absolute atomic E-state index is 14.9. The van der Waals surface area contributed by atoms with Gasteiger partial charge in [-0.05, 0) is 62.8 Å². The van der Waals surface area contributed by atoms with Crippen LogP contribution in [0.2, 0.25) is 0 Å². The molecule has 37 heavy (non-hydrogen) atoms. The van der Waals surface area contributed by atoms with E-state index in [1.54, 1.807) is 7.05 Å². The second-order valence-corrected chi connectivity index (χ2v) is 12.0. The molecule has 1 spiro atoms. The predicted molar refractivity (Wildman–Crippen MR) is 139 cm³/mol. The summed E-state index contributed by atoms with van der Waals surface area (Å²) >= 11 is 0. The zero-order valence-corrected chi connectivity index (χ0v) is 22.2. The highest BCUT2D eigenvalue weighted by Gasteiger charge is 2.50. The van der Waals surface area contributed by atoms with Gasteiger partial charge in [-0.2, -0.15) is 0 Å². The van der Waals surface area contributed by atoms with Gasteiger partial charge in [0.05, 0.1) is 11.8 Å². The van der Waals surface area contributed by atoms with Gasteiger partial charge in [-0.15, -0.1) is 0 Å². The number of carbonyl (C=O) groups excluding carboxylic acids is 2. The van der Waals surface area contributed by atoms with E-state index in [2.05, 4.69) is 43.1 Å². The van der Waals surface area contributed by atoms with Crippen molar-refractivity contribution < 1.29 is 18.4 Å². The molecule has 3 unspecified atom stereocenters. The van der Waals surface area contributed by atoms with E-state index in [0.29, 0.717) is 31.7 Å². The molecule has 2 aromatic rings. The molecular formula is C30H37F2N3O2. The van der Waals surface area contributed by atoms with E-state index < -0.39 is 11.6 Å². The maximum Gasteiger partial charge on any atom is 0.227 e. The van der Waals surface area contributed by atoms with Gasteiger partial charge in [0, 0.05) is 56.2 Å². The Balaban J connectivity index is 1.37. The minimum absolute atomic E-state index is 0.0419. The number of benzene rings is 2. The number of hydrogen-bond acceptors (Lipinski definition) is 3. The lowest BCUT2D eigenvalue weighted by Gasteiger charge is -2.41. The van der Waals surface area contributed by atoms with Crippen LogP contribution in [0, 0.1) is 17.6 Å². The molecule has 198 valence electrons. The summed E-state index contributed by atoms with van der Waals surface area (Å²) in [6, 6.07) is 11.9. The summed E-state index contributed by atoms with van der Waals surface area (Å²) < 4.78 is 28.5. The molecule has 2 amide bonds. The summed E-state index contributed by atoms with van der Waals surface area (Å²) in [4.78, 5) is 30.8. The fraction of sp³-hybridized carbons (Fsp3) is 0.533. The zero-order valence-electron chi connectivity index (χ0n) is 22.2. The second-order valence-electron chi connectivity index (χ2n) is 12.0. The number of amides is 2. The van der Waals surface area contributed by atoms with Crippen molar-refractivity contribution in [1.29, 1.82) is 0 Å². The summed E-state index contributed by atoms with van der Waals surface area (Å²) in [6.45, 7) is 8.62. The van der Waals surface area contributed by atoms with Crippen LogP contribution in [-0.4, -0.2) is 60.4 Å². The smallest absolute Gasteiger partial charge is 0.227 e. The molecule has 7 heteroatoms. The lowest BCUT2D eigenvalue weighted by atomic mass is 9.73. The number of rotatable bonds is 3. The molecule has 5 rings (SSSR count). The summed E-state index contributed by atoms with van der Waals surface area (Å²) in [6.07, 6.45) is 2.36. The summed E-state index contributed by atoms with van der Waals surface area (Å²) in [5.74, 6) is -1.98. The number of likely N-dealkylation sites (tertiary alicyclic amines) is 2. The van der Waals surface area contributed by atoms with Gasteiger partial charge in [0.2, 0.25) is 11.8 Å². The van der Waals surface area contributed by atoms with Crippen molar-refractivity contribution >= 4 is 11.8 Å². The van der Waals surface area contributed by atoms with Gasteiger partial charge < -0.3 is 10.2 Å². The van der Waals surface area contributed by atoms with Crippen molar-refractivity contribution in [3.63, 3.8) is 0 Å². The number of piperidine rings is 1. The first-order chi connectivity index (χ1) is 17.5. The fourth-order valence-electron chi connectivity index (χ4n) is 6.88. The molecule has 0 bridgehead atoms. The molecule has 1 N–H and O–H groups in total. The first kappa shape index (κ1) is 25.8. The first-order valence-corrected chi connectivity index (χ1v) is 13.3. The molecule has 2 aliphatic heterocycles. The number of likely N-dealkylation sites (N-methyl/N-ethyl adjacent to an activating group) is 1. The number of fused-ring (bicyclic) bond motifs is 2. The lowest BCUT2D eigenvalue weighted by Crippen LogP contribution is -2.48. The van der Waals surface area contributed by atoms with Crippen molar-refractivity contribution in [2.24, 2.45) is 5.92 Å². The Morgan fingerprint density at radius 3 is 2.35 bits per heavy atom. The Hall–Kier alpha value is -2.80. The summed E-state index contributed by atoms with van der Waals surface area (Å²) in [7, 11) is 1.68. The van der Waals surface area contributed by atoms with Gasteiger partial charge in [0.25, 0.3) is 0 Å². The molecular weight excluding hydrogens is 472 g/mol. The maximum atomic E-state index is 14.9. The highest BCUT2D eigenvalue weighted by Crippen LogP contribution is 2.52. The van der Waals surface area contributed by atoms with E-state index in [1.807, 2.05) is 17.0 Å². The van der Waals surface area contributed by atoms with E-state index in [4.69, 9.17) is 0 Å². The highest BCUT2D eigenvalue weighted by molar-refractivity contribution is 5.85. The SMILES string of the molecule is CNC(=O)C1CC2(CCN(C(=O)C3CN(C(C)(C)C)CC3c3ccc(F)cc3F)CC2)c2ccccc21. The molecule has 0 radical (unpaired) electrons. The van der Waals surface area contributed by atoms with Gasteiger partial charge >= 0.3 is 0 Å². The molecule has 3 aliphatic rings. The van der Waals surface area contributed by atoms with Crippen LogP contribution in [0.3, 0.4) is 0 Å². The molecule has 2 heterocycles. The lowest BCUT2D eigenvalue weighted by molar-refractivity contribution is -0.137. The monoisotopic (exact) mass is 509 g/mol. The van der Waals surface area contributed by atoms with E-state index in [1.165, 1.54) is 17.7 Å². The van der Waals surface area contributed by atoms with Crippen molar-refractivity contribution in [3.8, 4) is 0 Å². The van der Waals surface area contributed by atoms with Crippen molar-refractivity contribution in [3.05, 3.63) is 70.8 Å². The van der Waals surface area contributed by atoms with Crippen molar-refractivity contribution in [1.82, 2.24) is 15.1 Å². The van der Waals surface area contributed by atoms with Crippen LogP contribution in [0.15, 0.2) is 42.5 Å². The van der Waals surface area contributed by atoms with Crippen LogP contribution in [-0.2, 0) is 15.0 Å². The minimum atomic E-state index is -0.608. The predicted octanol–water partition coefficient (Wildman–Crippen LogP) is 4.57. The van der Waals surface area contributed by atoms with Crippen LogP contribution in [0.5, 0.6) is 0 Å². The van der Waals surface area contributed by atoms with E-state index in [-0.39, 0.29) is 40.5 Å². The minimum Gasteiger partial charge on any atom is -0.359 e. The molecule has 2 aromatic carbocycles. The topological polar surface area (TPSA) is 52.7 Å². The third-order valence-corrected chi connectivity index (χ3v) is 9.05. The molecule has 3 atom stereocenters. The van der Waals surface area contributed by atoms with Gasteiger partial charge in [-0.3, -0.25) is 14.5 Å². The van der Waals surface area contributed by atoms with Crippen LogP contribution >= 0.6 is 0 Å². The van der Waals surface area contributed by atoms with Gasteiger partial charge in [-0.25, -0.2) is 8.78 Å². The second kappa shape index (κ2) is 9.50. The first-order valence-electron chi connectivity index (χ1n) is 13.3. The number of carbonyl (C=O) groups is 2. The van der Waals surface area contributed by atoms with E-state index in [9.17, 15) is 18.4 Å². The Bertz CT molecular complexity index is 1200. The van der Waals surface area contributed by atoms with Gasteiger partial charge in [0.1, 0.15) is 11.6 Å². The van der Waals surface area contributed by atoms with Crippen LogP contribution in [0.4, 0.5) is 8.78 Å². The molecule has 5 nitrogen and oxygen atoms in total. The number of hydrogen-bond donors (Lipinski definition) is 1. The fourth-order valence-corrected chi connectivity index (χ4v) is 6.88. The Kier molecular flexibility index (Phi) is 6.63. The van der Waals surface area contributed by atoms with Crippen molar-refractivity contribution in [2.45, 2.75) is 62.8 Å². The van der Waals surface area contributed by atoms with Gasteiger partial charge in [0.15, 0.2) is 0 Å². The standard InChI is InChI=1S/C30H37F2N3O2/c1-29(2,3)35-17-23(21-10-9-19(31)15-26(21)32)24(18-35)28(37)34-13-11-30(12-14-34)16-22(27(36)33-4)20-7-5-6-8-25(20)30/h5-10,15,22-24H,11-14,16-18H2,1-4H3,(H,33,36). The molecule has 0 aromatic heterocycles. The van der Waals surface area contributed by atoms with Gasteiger partial charge in [-0.1, -0.05) is 30.3 Å². The molecule has 2 fully saturated rings. The van der Waals surface area contributed by atoms with Crippen LogP contribution < -0.4 is 5.32 Å². The zero-order chi connectivity index (χ0) is 26.5. The number of nitrogens with zero attached hydrogens (tertiary/aromatic N) is 2. The third kappa shape index (κ3) is 4.56. The summed E-state index contributed by atoms with van der Waals surface area (Å²) in [5.41, 5.74) is 2.48. The average molecular weight is 510 g/mol. The highest BCUT2D eigenvalue weighted by atomic mass is 19.1. The third-order valence-electron chi connectivity index (χ3n) is 9.05. The molecule has 0 saturated carbocycles. The van der Waals surface area contributed by atoms with E-state index >= 15 is 0 Å². The Morgan fingerprint density at radius 2 is 1.70 bits per heavy atom. The number of halogens is 2. The average Bonchev–Trinajstić information content (AvgIpc) is 3.45. The van der Waals surface area contributed by atoms with Crippen molar-refractivity contribution in [2.75, 3.05) is 33.2 Å².